The standard InChI is InChI=1S/C16H30O/c1-4-5-6-7-8-9-16(17)15-11-13(2)10-14(3)12-15/h10,13,15-17H,4-9,11-12H2,1-3H3. The van der Waals surface area contributed by atoms with Gasteiger partial charge in [-0.1, -0.05) is 57.6 Å². The topological polar surface area (TPSA) is 20.2 Å². The van der Waals surface area contributed by atoms with Crippen LogP contribution >= 0.6 is 0 Å². The second-order valence-corrected chi connectivity index (χ2v) is 5.96. The van der Waals surface area contributed by atoms with Crippen molar-refractivity contribution >= 4 is 0 Å². The second-order valence-electron chi connectivity index (χ2n) is 5.96. The third kappa shape index (κ3) is 5.72. The Balaban J connectivity index is 2.19. The largest absolute Gasteiger partial charge is 0.393 e. The fourth-order valence-electron chi connectivity index (χ4n) is 3.08. The lowest BCUT2D eigenvalue weighted by Crippen LogP contribution is -2.25. The SMILES string of the molecule is CCCCCCCC(O)C1CC(C)=CC(C)C1. The van der Waals surface area contributed by atoms with E-state index in [1.165, 1.54) is 44.1 Å². The molecule has 0 aromatic carbocycles. The van der Waals surface area contributed by atoms with Gasteiger partial charge in [-0.25, -0.2) is 0 Å². The van der Waals surface area contributed by atoms with Gasteiger partial charge in [0.1, 0.15) is 0 Å². The van der Waals surface area contributed by atoms with Crippen molar-refractivity contribution in [1.29, 1.82) is 0 Å². The van der Waals surface area contributed by atoms with Crippen molar-refractivity contribution in [3.8, 4) is 0 Å². The molecule has 17 heavy (non-hydrogen) atoms. The molecule has 0 spiro atoms. The highest BCUT2D eigenvalue weighted by Crippen LogP contribution is 2.31. The number of aliphatic hydroxyl groups excluding tert-OH is 1. The van der Waals surface area contributed by atoms with Crippen molar-refractivity contribution in [2.75, 3.05) is 0 Å². The van der Waals surface area contributed by atoms with Crippen LogP contribution in [0.1, 0.15) is 72.1 Å². The van der Waals surface area contributed by atoms with Crippen LogP contribution in [0.5, 0.6) is 0 Å². The summed E-state index contributed by atoms with van der Waals surface area (Å²) >= 11 is 0. The predicted molar refractivity (Wildman–Crippen MR) is 75.0 cm³/mol. The number of unbranched alkanes of at least 4 members (excludes halogenated alkanes) is 4. The maximum absolute atomic E-state index is 10.2. The highest BCUT2D eigenvalue weighted by atomic mass is 16.3. The molecule has 0 aromatic rings. The van der Waals surface area contributed by atoms with Crippen LogP contribution in [0.15, 0.2) is 11.6 Å². The normalized spacial score (nSPS) is 26.7. The summed E-state index contributed by atoms with van der Waals surface area (Å²) in [4.78, 5) is 0. The molecular weight excluding hydrogens is 208 g/mol. The van der Waals surface area contributed by atoms with Crippen LogP contribution < -0.4 is 0 Å². The van der Waals surface area contributed by atoms with E-state index in [-0.39, 0.29) is 6.10 Å². The minimum atomic E-state index is -0.0669. The molecule has 0 bridgehead atoms. The zero-order valence-electron chi connectivity index (χ0n) is 11.9. The maximum atomic E-state index is 10.2. The van der Waals surface area contributed by atoms with Crippen LogP contribution in [0.4, 0.5) is 0 Å². The number of hydrogen-bond donors (Lipinski definition) is 1. The molecule has 1 aliphatic rings. The Morgan fingerprint density at radius 3 is 2.65 bits per heavy atom. The smallest absolute Gasteiger partial charge is 0.0571 e. The van der Waals surface area contributed by atoms with E-state index in [2.05, 4.69) is 26.8 Å². The highest BCUT2D eigenvalue weighted by molar-refractivity contribution is 5.07. The van der Waals surface area contributed by atoms with Crippen molar-refractivity contribution in [2.45, 2.75) is 78.2 Å². The van der Waals surface area contributed by atoms with E-state index in [0.717, 1.165) is 12.8 Å². The Kier molecular flexibility index (Phi) is 6.87. The number of aliphatic hydroxyl groups is 1. The minimum Gasteiger partial charge on any atom is -0.393 e. The molecule has 3 atom stereocenters. The lowest BCUT2D eigenvalue weighted by molar-refractivity contribution is 0.0824. The molecule has 1 N–H and O–H groups in total. The van der Waals surface area contributed by atoms with Crippen LogP contribution in [0, 0.1) is 11.8 Å². The van der Waals surface area contributed by atoms with Crippen molar-refractivity contribution < 1.29 is 5.11 Å². The highest BCUT2D eigenvalue weighted by Gasteiger charge is 2.24. The average Bonchev–Trinajstić information content (AvgIpc) is 2.27. The molecule has 0 fully saturated rings. The third-order valence-electron chi connectivity index (χ3n) is 3.98. The monoisotopic (exact) mass is 238 g/mol. The van der Waals surface area contributed by atoms with Crippen molar-refractivity contribution in [3.05, 3.63) is 11.6 Å². The molecule has 0 amide bonds. The van der Waals surface area contributed by atoms with Crippen molar-refractivity contribution in [1.82, 2.24) is 0 Å². The van der Waals surface area contributed by atoms with Gasteiger partial charge < -0.3 is 5.11 Å². The van der Waals surface area contributed by atoms with Crippen LogP contribution in [-0.2, 0) is 0 Å². The number of hydrogen-bond acceptors (Lipinski definition) is 1. The van der Waals surface area contributed by atoms with Crippen molar-refractivity contribution in [2.24, 2.45) is 11.8 Å². The summed E-state index contributed by atoms with van der Waals surface area (Å²) < 4.78 is 0. The van der Waals surface area contributed by atoms with E-state index in [1.54, 1.807) is 0 Å². The first-order chi connectivity index (χ1) is 8.13. The molecule has 0 saturated carbocycles. The maximum Gasteiger partial charge on any atom is 0.0571 e. The van der Waals surface area contributed by atoms with Crippen LogP contribution in [0.25, 0.3) is 0 Å². The summed E-state index contributed by atoms with van der Waals surface area (Å²) in [6.07, 6.45) is 12.1. The Labute approximate surface area is 107 Å². The van der Waals surface area contributed by atoms with Gasteiger partial charge >= 0.3 is 0 Å². The Bertz CT molecular complexity index is 232. The molecule has 0 radical (unpaired) electrons. The summed E-state index contributed by atoms with van der Waals surface area (Å²) in [5.74, 6) is 1.17. The fraction of sp³-hybridized carbons (Fsp3) is 0.875. The molecule has 1 heteroatoms. The zero-order valence-corrected chi connectivity index (χ0v) is 11.9. The van der Waals surface area contributed by atoms with Gasteiger partial charge in [-0.05, 0) is 38.0 Å². The first kappa shape index (κ1) is 14.8. The lowest BCUT2D eigenvalue weighted by atomic mass is 9.79. The summed E-state index contributed by atoms with van der Waals surface area (Å²) in [6, 6.07) is 0. The van der Waals surface area contributed by atoms with E-state index in [9.17, 15) is 5.11 Å². The molecule has 1 nitrogen and oxygen atoms in total. The fourth-order valence-corrected chi connectivity index (χ4v) is 3.08. The van der Waals surface area contributed by atoms with Crippen molar-refractivity contribution in [3.63, 3.8) is 0 Å². The molecule has 100 valence electrons. The van der Waals surface area contributed by atoms with Crippen LogP contribution in [0.3, 0.4) is 0 Å². The summed E-state index contributed by atoms with van der Waals surface area (Å²) in [5.41, 5.74) is 1.47. The lowest BCUT2D eigenvalue weighted by Gasteiger charge is -2.29. The minimum absolute atomic E-state index is 0.0669. The Morgan fingerprint density at radius 2 is 2.00 bits per heavy atom. The Hall–Kier alpha value is -0.300. The predicted octanol–water partition coefficient (Wildman–Crippen LogP) is 4.70. The van der Waals surface area contributed by atoms with Crippen LogP contribution in [-0.4, -0.2) is 11.2 Å². The molecule has 0 aromatic heterocycles. The quantitative estimate of drug-likeness (QED) is 0.503. The molecule has 1 aliphatic carbocycles. The summed E-state index contributed by atoms with van der Waals surface area (Å²) in [7, 11) is 0. The van der Waals surface area contributed by atoms with Gasteiger partial charge in [0, 0.05) is 0 Å². The molecular formula is C16H30O. The van der Waals surface area contributed by atoms with Crippen LogP contribution in [0.2, 0.25) is 0 Å². The van der Waals surface area contributed by atoms with Gasteiger partial charge in [0.15, 0.2) is 0 Å². The molecule has 0 heterocycles. The summed E-state index contributed by atoms with van der Waals surface area (Å²) in [6.45, 7) is 6.72. The van der Waals surface area contributed by atoms with E-state index in [4.69, 9.17) is 0 Å². The number of allylic oxidation sites excluding steroid dienone is 2. The summed E-state index contributed by atoms with van der Waals surface area (Å²) in [5, 5.41) is 10.2. The molecule has 1 rings (SSSR count). The van der Waals surface area contributed by atoms with E-state index in [1.807, 2.05) is 0 Å². The van der Waals surface area contributed by atoms with Gasteiger partial charge in [0.25, 0.3) is 0 Å². The molecule has 0 saturated heterocycles. The third-order valence-corrected chi connectivity index (χ3v) is 3.98. The van der Waals surface area contributed by atoms with Gasteiger partial charge in [-0.3, -0.25) is 0 Å². The van der Waals surface area contributed by atoms with Gasteiger partial charge in [-0.2, -0.15) is 0 Å². The molecule has 0 aliphatic heterocycles. The first-order valence-corrected chi connectivity index (χ1v) is 7.48. The van der Waals surface area contributed by atoms with E-state index < -0.39 is 0 Å². The van der Waals surface area contributed by atoms with Gasteiger partial charge in [0.2, 0.25) is 0 Å². The van der Waals surface area contributed by atoms with Gasteiger partial charge in [0.05, 0.1) is 6.10 Å². The first-order valence-electron chi connectivity index (χ1n) is 7.48. The van der Waals surface area contributed by atoms with E-state index in [0.29, 0.717) is 11.8 Å². The Morgan fingerprint density at radius 1 is 1.29 bits per heavy atom. The average molecular weight is 238 g/mol. The number of rotatable bonds is 7. The second kappa shape index (κ2) is 7.92. The molecule has 3 unspecified atom stereocenters. The van der Waals surface area contributed by atoms with E-state index >= 15 is 0 Å². The zero-order chi connectivity index (χ0) is 12.7. The van der Waals surface area contributed by atoms with Gasteiger partial charge in [-0.15, -0.1) is 0 Å².